The van der Waals surface area contributed by atoms with Crippen molar-refractivity contribution in [2.45, 2.75) is 31.7 Å². The first kappa shape index (κ1) is 10.2. The van der Waals surface area contributed by atoms with E-state index in [1.807, 2.05) is 19.0 Å². The van der Waals surface area contributed by atoms with E-state index < -0.39 is 0 Å². The Balaban J connectivity index is 2.06. The lowest BCUT2D eigenvalue weighted by atomic mass is 10.2. The standard InChI is InChI=1S/C11H17N3O/c1-13-8-9(7-12-13)11(15)14(2)10-5-3-4-6-10/h7-8,10H,3-6H2,1-2H3. The van der Waals surface area contributed by atoms with Gasteiger partial charge < -0.3 is 4.90 Å². The van der Waals surface area contributed by atoms with Crippen molar-refractivity contribution in [1.29, 1.82) is 0 Å². The van der Waals surface area contributed by atoms with Crippen LogP contribution < -0.4 is 0 Å². The number of aromatic nitrogens is 2. The van der Waals surface area contributed by atoms with Crippen molar-refractivity contribution >= 4 is 5.91 Å². The number of carbonyl (C=O) groups is 1. The Morgan fingerprint density at radius 1 is 1.53 bits per heavy atom. The first-order valence-electron chi connectivity index (χ1n) is 5.44. The van der Waals surface area contributed by atoms with Gasteiger partial charge in [0.05, 0.1) is 11.8 Å². The molecule has 15 heavy (non-hydrogen) atoms. The van der Waals surface area contributed by atoms with Crippen molar-refractivity contribution in [3.63, 3.8) is 0 Å². The molecule has 82 valence electrons. The molecule has 0 atom stereocenters. The van der Waals surface area contributed by atoms with E-state index in [4.69, 9.17) is 0 Å². The van der Waals surface area contributed by atoms with Gasteiger partial charge in [-0.25, -0.2) is 0 Å². The molecule has 4 heteroatoms. The highest BCUT2D eigenvalue weighted by Crippen LogP contribution is 2.23. The summed E-state index contributed by atoms with van der Waals surface area (Å²) in [7, 11) is 3.72. The third-order valence-electron chi connectivity index (χ3n) is 3.14. The van der Waals surface area contributed by atoms with Crippen LogP contribution in [0.5, 0.6) is 0 Å². The first-order chi connectivity index (χ1) is 7.18. The summed E-state index contributed by atoms with van der Waals surface area (Å²) in [6.07, 6.45) is 8.18. The summed E-state index contributed by atoms with van der Waals surface area (Å²) >= 11 is 0. The fourth-order valence-electron chi connectivity index (χ4n) is 2.19. The number of amides is 1. The number of hydrogen-bond acceptors (Lipinski definition) is 2. The zero-order chi connectivity index (χ0) is 10.8. The topological polar surface area (TPSA) is 38.1 Å². The van der Waals surface area contributed by atoms with E-state index in [0.717, 1.165) is 12.8 Å². The van der Waals surface area contributed by atoms with E-state index in [1.54, 1.807) is 17.1 Å². The minimum Gasteiger partial charge on any atom is -0.339 e. The Kier molecular flexibility index (Phi) is 2.75. The predicted octanol–water partition coefficient (Wildman–Crippen LogP) is 1.43. The second-order valence-corrected chi connectivity index (χ2v) is 4.26. The maximum Gasteiger partial charge on any atom is 0.257 e. The van der Waals surface area contributed by atoms with Gasteiger partial charge in [0.15, 0.2) is 0 Å². The molecule has 0 N–H and O–H groups in total. The predicted molar refractivity (Wildman–Crippen MR) is 57.6 cm³/mol. The van der Waals surface area contributed by atoms with Crippen LogP contribution in [0.3, 0.4) is 0 Å². The molecule has 1 aliphatic rings. The second kappa shape index (κ2) is 4.04. The highest BCUT2D eigenvalue weighted by Gasteiger charge is 2.24. The minimum absolute atomic E-state index is 0.0926. The number of carbonyl (C=O) groups excluding carboxylic acids is 1. The van der Waals surface area contributed by atoms with Crippen molar-refractivity contribution in [2.24, 2.45) is 7.05 Å². The van der Waals surface area contributed by atoms with Gasteiger partial charge in [-0.1, -0.05) is 12.8 Å². The van der Waals surface area contributed by atoms with Gasteiger partial charge in [-0.2, -0.15) is 5.10 Å². The minimum atomic E-state index is 0.0926. The summed E-state index contributed by atoms with van der Waals surface area (Å²) in [5, 5.41) is 4.02. The molecule has 1 saturated carbocycles. The van der Waals surface area contributed by atoms with Crippen molar-refractivity contribution in [3.8, 4) is 0 Å². The molecule has 0 saturated heterocycles. The summed E-state index contributed by atoms with van der Waals surface area (Å²) in [5.74, 6) is 0.0926. The van der Waals surface area contributed by atoms with Crippen LogP contribution in [-0.4, -0.2) is 33.7 Å². The van der Waals surface area contributed by atoms with Gasteiger partial charge in [0.25, 0.3) is 5.91 Å². The number of nitrogens with zero attached hydrogens (tertiary/aromatic N) is 3. The fourth-order valence-corrected chi connectivity index (χ4v) is 2.19. The Bertz CT molecular complexity index is 352. The summed E-state index contributed by atoms with van der Waals surface area (Å²) in [4.78, 5) is 13.9. The molecule has 1 fully saturated rings. The molecule has 0 radical (unpaired) electrons. The Hall–Kier alpha value is -1.32. The monoisotopic (exact) mass is 207 g/mol. The van der Waals surface area contributed by atoms with Gasteiger partial charge in [0.1, 0.15) is 0 Å². The zero-order valence-electron chi connectivity index (χ0n) is 9.31. The summed E-state index contributed by atoms with van der Waals surface area (Å²) in [6.45, 7) is 0. The van der Waals surface area contributed by atoms with Crippen molar-refractivity contribution in [3.05, 3.63) is 18.0 Å². The van der Waals surface area contributed by atoms with Gasteiger partial charge in [-0.15, -0.1) is 0 Å². The Morgan fingerprint density at radius 3 is 2.73 bits per heavy atom. The van der Waals surface area contributed by atoms with E-state index in [9.17, 15) is 4.79 Å². The van der Waals surface area contributed by atoms with Gasteiger partial charge in [0, 0.05) is 26.3 Å². The molecule has 2 rings (SSSR count). The lowest BCUT2D eigenvalue weighted by Crippen LogP contribution is -2.34. The molecular weight excluding hydrogens is 190 g/mol. The van der Waals surface area contributed by atoms with Crippen molar-refractivity contribution < 1.29 is 4.79 Å². The lowest BCUT2D eigenvalue weighted by Gasteiger charge is -2.23. The maximum absolute atomic E-state index is 12.0. The highest BCUT2D eigenvalue weighted by molar-refractivity contribution is 5.93. The summed E-state index contributed by atoms with van der Waals surface area (Å²) in [5.41, 5.74) is 0.687. The first-order valence-corrected chi connectivity index (χ1v) is 5.44. The molecule has 0 aliphatic heterocycles. The smallest absolute Gasteiger partial charge is 0.257 e. The highest BCUT2D eigenvalue weighted by atomic mass is 16.2. The number of aryl methyl sites for hydroxylation is 1. The Morgan fingerprint density at radius 2 is 2.20 bits per heavy atom. The van der Waals surface area contributed by atoms with E-state index >= 15 is 0 Å². The van der Waals surface area contributed by atoms with E-state index in [-0.39, 0.29) is 5.91 Å². The van der Waals surface area contributed by atoms with Gasteiger partial charge in [0.2, 0.25) is 0 Å². The molecule has 0 aromatic carbocycles. The number of hydrogen-bond donors (Lipinski definition) is 0. The molecule has 1 amide bonds. The lowest BCUT2D eigenvalue weighted by molar-refractivity contribution is 0.0735. The van der Waals surface area contributed by atoms with Crippen molar-refractivity contribution in [2.75, 3.05) is 7.05 Å². The summed E-state index contributed by atoms with van der Waals surface area (Å²) < 4.78 is 1.66. The normalized spacial score (nSPS) is 16.9. The van der Waals surface area contributed by atoms with Crippen LogP contribution in [0.1, 0.15) is 36.0 Å². The van der Waals surface area contributed by atoms with Gasteiger partial charge in [-0.3, -0.25) is 9.48 Å². The second-order valence-electron chi connectivity index (χ2n) is 4.26. The molecule has 0 spiro atoms. The van der Waals surface area contributed by atoms with Crippen LogP contribution in [0.25, 0.3) is 0 Å². The third kappa shape index (κ3) is 2.03. The zero-order valence-corrected chi connectivity index (χ0v) is 9.31. The third-order valence-corrected chi connectivity index (χ3v) is 3.14. The molecule has 1 aromatic rings. The molecule has 1 aromatic heterocycles. The largest absolute Gasteiger partial charge is 0.339 e. The van der Waals surface area contributed by atoms with E-state index in [1.165, 1.54) is 12.8 Å². The SMILES string of the molecule is CN(C(=O)c1cnn(C)c1)C1CCCC1. The molecule has 4 nitrogen and oxygen atoms in total. The molecule has 1 heterocycles. The fraction of sp³-hybridized carbons (Fsp3) is 0.636. The van der Waals surface area contributed by atoms with E-state index in [0.29, 0.717) is 11.6 Å². The quantitative estimate of drug-likeness (QED) is 0.736. The molecular formula is C11H17N3O. The molecule has 0 unspecified atom stereocenters. The van der Waals surface area contributed by atoms with Crippen LogP contribution in [0.15, 0.2) is 12.4 Å². The van der Waals surface area contributed by atoms with Crippen LogP contribution in [0.2, 0.25) is 0 Å². The van der Waals surface area contributed by atoms with Crippen molar-refractivity contribution in [1.82, 2.24) is 14.7 Å². The molecule has 0 bridgehead atoms. The van der Waals surface area contributed by atoms with Crippen LogP contribution in [-0.2, 0) is 7.05 Å². The maximum atomic E-state index is 12.0. The molecule has 1 aliphatic carbocycles. The van der Waals surface area contributed by atoms with Gasteiger partial charge in [-0.05, 0) is 12.8 Å². The average Bonchev–Trinajstić information content (AvgIpc) is 2.85. The van der Waals surface area contributed by atoms with Gasteiger partial charge >= 0.3 is 0 Å². The van der Waals surface area contributed by atoms with E-state index in [2.05, 4.69) is 5.10 Å². The average molecular weight is 207 g/mol. The van der Waals surface area contributed by atoms with Crippen LogP contribution >= 0.6 is 0 Å². The Labute approximate surface area is 89.9 Å². The van der Waals surface area contributed by atoms with Crippen LogP contribution in [0.4, 0.5) is 0 Å². The van der Waals surface area contributed by atoms with Crippen LogP contribution in [0, 0.1) is 0 Å². The summed E-state index contributed by atoms with van der Waals surface area (Å²) in [6, 6.07) is 0.428. The number of rotatable bonds is 2.